The van der Waals surface area contributed by atoms with E-state index in [2.05, 4.69) is 11.9 Å². The number of rotatable bonds is 5. The van der Waals surface area contributed by atoms with E-state index in [1.165, 1.54) is 23.9 Å². The van der Waals surface area contributed by atoms with Gasteiger partial charge in [-0.1, -0.05) is 47.6 Å². The van der Waals surface area contributed by atoms with Crippen LogP contribution in [-0.2, 0) is 6.54 Å². The summed E-state index contributed by atoms with van der Waals surface area (Å²) >= 11 is 7.71. The molecule has 4 rings (SSSR count). The molecule has 7 heteroatoms. The predicted octanol–water partition coefficient (Wildman–Crippen LogP) is 5.71. The first-order valence-corrected chi connectivity index (χ1v) is 10.7. The van der Waals surface area contributed by atoms with Crippen molar-refractivity contribution in [3.05, 3.63) is 101 Å². The molecule has 0 saturated carbocycles. The molecule has 1 heterocycles. The summed E-state index contributed by atoms with van der Waals surface area (Å²) in [5, 5.41) is 2.98. The van der Waals surface area contributed by atoms with Crippen molar-refractivity contribution < 1.29 is 14.0 Å². The molecule has 1 aliphatic heterocycles. The fourth-order valence-electron chi connectivity index (χ4n) is 3.31. The molecule has 0 spiro atoms. The van der Waals surface area contributed by atoms with E-state index >= 15 is 0 Å². The number of nitrogens with zero attached hydrogens (tertiary/aromatic N) is 1. The van der Waals surface area contributed by atoms with E-state index < -0.39 is 5.82 Å². The molecule has 0 radical (unpaired) electrons. The molecule has 3 aromatic rings. The van der Waals surface area contributed by atoms with Gasteiger partial charge >= 0.3 is 0 Å². The highest BCUT2D eigenvalue weighted by Crippen LogP contribution is 2.42. The third-order valence-electron chi connectivity index (χ3n) is 4.84. The van der Waals surface area contributed by atoms with Gasteiger partial charge in [0.1, 0.15) is 5.82 Å². The summed E-state index contributed by atoms with van der Waals surface area (Å²) < 4.78 is 13.5. The van der Waals surface area contributed by atoms with Crippen molar-refractivity contribution in [3.8, 4) is 0 Å². The Morgan fingerprint density at radius 3 is 2.71 bits per heavy atom. The zero-order valence-corrected chi connectivity index (χ0v) is 18.0. The van der Waals surface area contributed by atoms with Crippen LogP contribution in [0.2, 0.25) is 5.02 Å². The summed E-state index contributed by atoms with van der Waals surface area (Å²) in [4.78, 5) is 29.3. The van der Waals surface area contributed by atoms with Crippen molar-refractivity contribution in [2.24, 2.45) is 0 Å². The van der Waals surface area contributed by atoms with E-state index in [9.17, 15) is 14.0 Å². The molecule has 0 aliphatic carbocycles. The summed E-state index contributed by atoms with van der Waals surface area (Å²) in [6.45, 7) is 4.08. The van der Waals surface area contributed by atoms with Gasteiger partial charge in [-0.25, -0.2) is 4.39 Å². The maximum absolute atomic E-state index is 13.5. The molecule has 4 nitrogen and oxygen atoms in total. The van der Waals surface area contributed by atoms with Crippen molar-refractivity contribution in [3.63, 3.8) is 0 Å². The number of carbonyl (C=O) groups is 2. The summed E-state index contributed by atoms with van der Waals surface area (Å²) in [6, 6.07) is 16.7. The molecule has 156 valence electrons. The Morgan fingerprint density at radius 1 is 1.13 bits per heavy atom. The number of amides is 2. The number of hydrogen-bond acceptors (Lipinski definition) is 3. The van der Waals surface area contributed by atoms with Crippen molar-refractivity contribution in [1.29, 1.82) is 0 Å². The Bertz CT molecular complexity index is 1200. The lowest BCUT2D eigenvalue weighted by Gasteiger charge is -2.24. The second kappa shape index (κ2) is 8.96. The van der Waals surface area contributed by atoms with Gasteiger partial charge in [0.15, 0.2) is 0 Å². The topological polar surface area (TPSA) is 49.4 Å². The molecular formula is C24H18ClFN2O2S. The number of benzene rings is 3. The third-order valence-corrected chi connectivity index (χ3v) is 6.34. The van der Waals surface area contributed by atoms with Gasteiger partial charge in [-0.2, -0.15) is 0 Å². The highest BCUT2D eigenvalue weighted by Gasteiger charge is 2.28. The van der Waals surface area contributed by atoms with Gasteiger partial charge in [-0.05, 0) is 48.0 Å². The Kier molecular flexibility index (Phi) is 6.11. The molecule has 0 fully saturated rings. The monoisotopic (exact) mass is 452 g/mol. The molecule has 0 atom stereocenters. The molecular weight excluding hydrogens is 435 g/mol. The van der Waals surface area contributed by atoms with Crippen molar-refractivity contribution in [2.45, 2.75) is 16.3 Å². The molecule has 0 bridgehead atoms. The van der Waals surface area contributed by atoms with Crippen LogP contribution < -0.4 is 10.2 Å². The first-order valence-electron chi connectivity index (χ1n) is 9.53. The van der Waals surface area contributed by atoms with Crippen LogP contribution in [0.4, 0.5) is 10.1 Å². The second-order valence-corrected chi connectivity index (χ2v) is 8.40. The van der Waals surface area contributed by atoms with Crippen LogP contribution in [0.5, 0.6) is 0 Å². The Morgan fingerprint density at radius 2 is 1.94 bits per heavy atom. The summed E-state index contributed by atoms with van der Waals surface area (Å²) in [6.07, 6.45) is 1.60. The number of anilines is 1. The summed E-state index contributed by atoms with van der Waals surface area (Å²) in [5.74, 6) is -0.925. The molecule has 3 aromatic carbocycles. The minimum absolute atomic E-state index is 0.136. The SMILES string of the molecule is C=CCNC(=O)c1ccc2c(c1)N(Cc1ccc(F)cc1Cl)C(=O)c1ccccc1S2. The van der Waals surface area contributed by atoms with Crippen LogP contribution in [0.3, 0.4) is 0 Å². The number of hydrogen-bond donors (Lipinski definition) is 1. The van der Waals surface area contributed by atoms with Crippen LogP contribution in [0.15, 0.2) is 83.1 Å². The average Bonchev–Trinajstić information content (AvgIpc) is 2.88. The van der Waals surface area contributed by atoms with E-state index in [0.29, 0.717) is 28.9 Å². The van der Waals surface area contributed by atoms with Gasteiger partial charge in [0.25, 0.3) is 11.8 Å². The smallest absolute Gasteiger partial charge is 0.259 e. The Balaban J connectivity index is 1.82. The fourth-order valence-corrected chi connectivity index (χ4v) is 4.59. The zero-order chi connectivity index (χ0) is 22.0. The Labute approximate surface area is 188 Å². The number of fused-ring (bicyclic) bond motifs is 2. The van der Waals surface area contributed by atoms with Crippen LogP contribution in [0, 0.1) is 5.82 Å². The van der Waals surface area contributed by atoms with Gasteiger partial charge in [0.05, 0.1) is 17.8 Å². The first-order chi connectivity index (χ1) is 15.0. The molecule has 0 unspecified atom stereocenters. The van der Waals surface area contributed by atoms with Crippen molar-refractivity contribution in [1.82, 2.24) is 5.32 Å². The van der Waals surface area contributed by atoms with E-state index in [1.807, 2.05) is 24.3 Å². The minimum Gasteiger partial charge on any atom is -0.349 e. The molecule has 1 aliphatic rings. The second-order valence-electron chi connectivity index (χ2n) is 6.91. The molecule has 2 amide bonds. The molecule has 31 heavy (non-hydrogen) atoms. The van der Waals surface area contributed by atoms with E-state index in [4.69, 9.17) is 11.6 Å². The van der Waals surface area contributed by atoms with Crippen LogP contribution in [-0.4, -0.2) is 18.4 Å². The molecule has 0 aromatic heterocycles. The molecule has 0 saturated heterocycles. The third kappa shape index (κ3) is 4.36. The number of halogens is 2. The van der Waals surface area contributed by atoms with Gasteiger partial charge < -0.3 is 10.2 Å². The van der Waals surface area contributed by atoms with Crippen LogP contribution in [0.25, 0.3) is 0 Å². The normalized spacial score (nSPS) is 12.6. The van der Waals surface area contributed by atoms with Crippen LogP contribution in [0.1, 0.15) is 26.3 Å². The standard InChI is InChI=1S/C24H18ClFN2O2S/c1-2-11-27-23(29)15-8-10-22-20(12-15)28(14-16-7-9-17(26)13-19(16)25)24(30)18-5-3-4-6-21(18)31-22/h2-10,12-13H,1,11,14H2,(H,27,29). The predicted molar refractivity (Wildman–Crippen MR) is 121 cm³/mol. The van der Waals surface area contributed by atoms with Crippen molar-refractivity contribution >= 4 is 40.9 Å². The fraction of sp³-hybridized carbons (Fsp3) is 0.0833. The number of nitrogens with one attached hydrogen (secondary N) is 1. The minimum atomic E-state index is -0.446. The lowest BCUT2D eigenvalue weighted by Crippen LogP contribution is -2.31. The van der Waals surface area contributed by atoms with Crippen molar-refractivity contribution in [2.75, 3.05) is 11.4 Å². The average molecular weight is 453 g/mol. The highest BCUT2D eigenvalue weighted by atomic mass is 35.5. The summed E-state index contributed by atoms with van der Waals surface area (Å²) in [5.41, 5.74) is 2.18. The van der Waals surface area contributed by atoms with E-state index in [-0.39, 0.29) is 23.4 Å². The first kappa shape index (κ1) is 21.2. The van der Waals surface area contributed by atoms with Gasteiger partial charge in [0.2, 0.25) is 0 Å². The van der Waals surface area contributed by atoms with Gasteiger partial charge in [-0.3, -0.25) is 9.59 Å². The lowest BCUT2D eigenvalue weighted by molar-refractivity contribution is 0.0953. The number of carbonyl (C=O) groups excluding carboxylic acids is 2. The maximum atomic E-state index is 13.5. The van der Waals surface area contributed by atoms with Gasteiger partial charge in [0, 0.05) is 26.9 Å². The maximum Gasteiger partial charge on any atom is 0.259 e. The zero-order valence-electron chi connectivity index (χ0n) is 16.4. The van der Waals surface area contributed by atoms with Gasteiger partial charge in [-0.15, -0.1) is 6.58 Å². The largest absolute Gasteiger partial charge is 0.349 e. The quantitative estimate of drug-likeness (QED) is 0.505. The van der Waals surface area contributed by atoms with E-state index in [1.54, 1.807) is 35.2 Å². The van der Waals surface area contributed by atoms with E-state index in [0.717, 1.165) is 9.79 Å². The lowest BCUT2D eigenvalue weighted by atomic mass is 10.1. The van der Waals surface area contributed by atoms with Crippen LogP contribution >= 0.6 is 23.4 Å². The highest BCUT2D eigenvalue weighted by molar-refractivity contribution is 7.99. The Hall–Kier alpha value is -3.09. The molecule has 1 N–H and O–H groups in total. The summed E-state index contributed by atoms with van der Waals surface area (Å²) in [7, 11) is 0.